The van der Waals surface area contributed by atoms with Crippen LogP contribution in [0.4, 0.5) is 0 Å². The van der Waals surface area contributed by atoms with Crippen LogP contribution in [-0.4, -0.2) is 27.3 Å². The van der Waals surface area contributed by atoms with Gasteiger partial charge in [0.15, 0.2) is 0 Å². The van der Waals surface area contributed by atoms with E-state index >= 15 is 0 Å². The molecule has 0 bridgehead atoms. The number of benzene rings is 1. The molecule has 2 rings (SSSR count). The topological polar surface area (TPSA) is 88.5 Å². The van der Waals surface area contributed by atoms with E-state index in [4.69, 9.17) is 10.8 Å². The molecule has 5 nitrogen and oxygen atoms in total. The average Bonchev–Trinajstić information content (AvgIpc) is 2.67. The smallest absolute Gasteiger partial charge is 0.326 e. The van der Waals surface area contributed by atoms with E-state index in [2.05, 4.69) is 0 Å². The van der Waals surface area contributed by atoms with Gasteiger partial charge in [-0.2, -0.15) is 0 Å². The van der Waals surface area contributed by atoms with Gasteiger partial charge < -0.3 is 20.5 Å². The lowest BCUT2D eigenvalue weighted by Gasteiger charge is -2.09. The molecule has 4 N–H and O–H groups in total. The van der Waals surface area contributed by atoms with Crippen LogP contribution in [0.5, 0.6) is 5.75 Å². The van der Waals surface area contributed by atoms with Gasteiger partial charge in [-0.15, -0.1) is 0 Å². The van der Waals surface area contributed by atoms with E-state index in [9.17, 15) is 9.90 Å². The van der Waals surface area contributed by atoms with Gasteiger partial charge in [-0.3, -0.25) is 0 Å². The lowest BCUT2D eigenvalue weighted by atomic mass is 10.1. The highest BCUT2D eigenvalue weighted by molar-refractivity contribution is 5.87. The van der Waals surface area contributed by atoms with Crippen LogP contribution < -0.4 is 5.73 Å². The van der Waals surface area contributed by atoms with Gasteiger partial charge in [-0.25, -0.2) is 4.79 Å². The largest absolute Gasteiger partial charge is 0.508 e. The van der Waals surface area contributed by atoms with E-state index < -0.39 is 12.0 Å². The van der Waals surface area contributed by atoms with Gasteiger partial charge in [0.1, 0.15) is 11.8 Å². The van der Waals surface area contributed by atoms with Gasteiger partial charge in [0.05, 0.1) is 0 Å². The number of phenolic OH excluding ortho intramolecular Hbond substituents is 1. The number of nitrogens with zero attached hydrogens (tertiary/aromatic N) is 1. The molecule has 0 aliphatic heterocycles. The summed E-state index contributed by atoms with van der Waals surface area (Å²) >= 11 is 0. The number of hydrogen-bond acceptors (Lipinski definition) is 3. The Morgan fingerprint density at radius 1 is 1.50 bits per heavy atom. The zero-order valence-electron chi connectivity index (χ0n) is 10.1. The second-order valence-corrected chi connectivity index (χ2v) is 4.32. The maximum Gasteiger partial charge on any atom is 0.326 e. The van der Waals surface area contributed by atoms with Gasteiger partial charge in [0, 0.05) is 17.1 Å². The van der Waals surface area contributed by atoms with Gasteiger partial charge in [0.25, 0.3) is 0 Å². The van der Waals surface area contributed by atoms with Crippen molar-refractivity contribution >= 4 is 16.9 Å². The summed E-state index contributed by atoms with van der Waals surface area (Å²) in [5, 5.41) is 19.5. The average molecular weight is 248 g/mol. The Hall–Kier alpha value is -2.01. The normalized spacial score (nSPS) is 12.8. The number of aromatic hydroxyl groups is 1. The number of carboxylic acid groups (broad SMARTS) is 1. The Balaban J connectivity index is 2.64. The first-order valence-electron chi connectivity index (χ1n) is 5.80. The Kier molecular flexibility index (Phi) is 3.25. The summed E-state index contributed by atoms with van der Waals surface area (Å²) in [6.45, 7) is 2.11. The summed E-state index contributed by atoms with van der Waals surface area (Å²) in [4.78, 5) is 11.1. The summed E-state index contributed by atoms with van der Waals surface area (Å²) in [5.41, 5.74) is 7.30. The van der Waals surface area contributed by atoms with Crippen LogP contribution in [0.1, 0.15) is 18.5 Å². The molecule has 1 heterocycles. The fraction of sp³-hybridized carbons (Fsp3) is 0.308. The number of rotatable bonds is 4. The first-order chi connectivity index (χ1) is 8.54. The second kappa shape index (κ2) is 4.70. The van der Waals surface area contributed by atoms with Crippen molar-refractivity contribution in [3.8, 4) is 5.75 Å². The number of carboxylic acids is 1. The highest BCUT2D eigenvalue weighted by atomic mass is 16.4. The van der Waals surface area contributed by atoms with Crippen LogP contribution in [-0.2, 0) is 11.2 Å². The number of aliphatic carboxylic acids is 1. The fourth-order valence-corrected chi connectivity index (χ4v) is 2.11. The summed E-state index contributed by atoms with van der Waals surface area (Å²) in [7, 11) is 0. The van der Waals surface area contributed by atoms with E-state index in [1.54, 1.807) is 35.9 Å². The molecule has 0 fully saturated rings. The molecule has 96 valence electrons. The van der Waals surface area contributed by atoms with Gasteiger partial charge in [-0.05, 0) is 43.7 Å². The molecule has 0 radical (unpaired) electrons. The highest BCUT2D eigenvalue weighted by Gasteiger charge is 2.17. The first-order valence-corrected chi connectivity index (χ1v) is 5.80. The molecule has 18 heavy (non-hydrogen) atoms. The lowest BCUT2D eigenvalue weighted by molar-refractivity contribution is -0.140. The quantitative estimate of drug-likeness (QED) is 0.765. The van der Waals surface area contributed by atoms with Crippen molar-refractivity contribution < 1.29 is 15.0 Å². The van der Waals surface area contributed by atoms with Gasteiger partial charge in [0.2, 0.25) is 0 Å². The summed E-state index contributed by atoms with van der Waals surface area (Å²) in [6, 6.07) is 4.28. The van der Waals surface area contributed by atoms with E-state index in [-0.39, 0.29) is 5.75 Å². The number of carbonyl (C=O) groups is 1. The third-order valence-electron chi connectivity index (χ3n) is 3.09. The molecule has 0 aliphatic rings. The molecule has 0 saturated carbocycles. The fourth-order valence-electron chi connectivity index (χ4n) is 2.11. The number of phenols is 1. The minimum atomic E-state index is -0.890. The molecule has 0 aliphatic carbocycles. The molecule has 5 heteroatoms. The van der Waals surface area contributed by atoms with Crippen LogP contribution in [0.2, 0.25) is 0 Å². The monoisotopic (exact) mass is 248 g/mol. The SMILES string of the molecule is CC(C(=O)O)n1cc(CCN)c2cc(O)ccc21. The summed E-state index contributed by atoms with van der Waals surface area (Å²) in [6.07, 6.45) is 2.45. The molecular weight excluding hydrogens is 232 g/mol. The minimum Gasteiger partial charge on any atom is -0.508 e. The van der Waals surface area contributed by atoms with Crippen LogP contribution >= 0.6 is 0 Å². The Bertz CT molecular complexity index is 589. The van der Waals surface area contributed by atoms with Crippen LogP contribution in [0.25, 0.3) is 10.9 Å². The van der Waals surface area contributed by atoms with E-state index in [1.807, 2.05) is 0 Å². The second-order valence-electron chi connectivity index (χ2n) is 4.32. The predicted octanol–water partition coefficient (Wildman–Crippen LogP) is 1.49. The van der Waals surface area contributed by atoms with Crippen LogP contribution in [0.3, 0.4) is 0 Å². The molecule has 0 saturated heterocycles. The molecule has 0 spiro atoms. The van der Waals surface area contributed by atoms with E-state index in [0.717, 1.165) is 16.5 Å². The Labute approximate surface area is 104 Å². The maximum atomic E-state index is 11.1. The number of fused-ring (bicyclic) bond motifs is 1. The molecule has 0 amide bonds. The molecular formula is C13H16N2O3. The van der Waals surface area contributed by atoms with Crippen molar-refractivity contribution in [3.05, 3.63) is 30.0 Å². The van der Waals surface area contributed by atoms with Crippen molar-refractivity contribution in [2.75, 3.05) is 6.54 Å². The zero-order chi connectivity index (χ0) is 13.3. The highest BCUT2D eigenvalue weighted by Crippen LogP contribution is 2.28. The third-order valence-corrected chi connectivity index (χ3v) is 3.09. The lowest BCUT2D eigenvalue weighted by Crippen LogP contribution is -2.14. The predicted molar refractivity (Wildman–Crippen MR) is 68.7 cm³/mol. The van der Waals surface area contributed by atoms with Crippen LogP contribution in [0.15, 0.2) is 24.4 Å². The van der Waals surface area contributed by atoms with E-state index in [1.165, 1.54) is 0 Å². The Morgan fingerprint density at radius 3 is 2.83 bits per heavy atom. The van der Waals surface area contributed by atoms with Gasteiger partial charge in [-0.1, -0.05) is 0 Å². The third kappa shape index (κ3) is 2.04. The minimum absolute atomic E-state index is 0.168. The van der Waals surface area contributed by atoms with Crippen molar-refractivity contribution in [1.29, 1.82) is 0 Å². The molecule has 2 aromatic rings. The zero-order valence-corrected chi connectivity index (χ0v) is 10.1. The Morgan fingerprint density at radius 2 is 2.22 bits per heavy atom. The van der Waals surface area contributed by atoms with Crippen molar-refractivity contribution in [2.45, 2.75) is 19.4 Å². The van der Waals surface area contributed by atoms with Crippen molar-refractivity contribution in [2.24, 2.45) is 5.73 Å². The summed E-state index contributed by atoms with van der Waals surface area (Å²) < 4.78 is 1.70. The molecule has 1 unspecified atom stereocenters. The van der Waals surface area contributed by atoms with Gasteiger partial charge >= 0.3 is 5.97 Å². The number of nitrogens with two attached hydrogens (primary N) is 1. The van der Waals surface area contributed by atoms with Crippen molar-refractivity contribution in [3.63, 3.8) is 0 Å². The van der Waals surface area contributed by atoms with Crippen molar-refractivity contribution in [1.82, 2.24) is 4.57 Å². The number of hydrogen-bond donors (Lipinski definition) is 3. The molecule has 1 aromatic carbocycles. The maximum absolute atomic E-state index is 11.1. The first kappa shape index (κ1) is 12.4. The van der Waals surface area contributed by atoms with Crippen LogP contribution in [0, 0.1) is 0 Å². The summed E-state index contributed by atoms with van der Waals surface area (Å²) in [5.74, 6) is -0.722. The molecule has 1 atom stereocenters. The molecule has 1 aromatic heterocycles. The number of aromatic nitrogens is 1. The van der Waals surface area contributed by atoms with E-state index in [0.29, 0.717) is 13.0 Å². The standard InChI is InChI=1S/C13H16N2O3/c1-8(13(17)18)15-7-9(4-5-14)11-6-10(16)2-3-12(11)15/h2-3,6-8,16H,4-5,14H2,1H3,(H,17,18).